The van der Waals surface area contributed by atoms with Crippen molar-refractivity contribution in [3.8, 4) is 5.88 Å². The first-order valence-electron chi connectivity index (χ1n) is 5.93. The first-order chi connectivity index (χ1) is 8.76. The fraction of sp³-hybridized carbons (Fsp3) is 0.385. The second-order valence-corrected chi connectivity index (χ2v) is 4.02. The van der Waals surface area contributed by atoms with Crippen LogP contribution in [0.4, 0.5) is 0 Å². The van der Waals surface area contributed by atoms with Crippen molar-refractivity contribution in [3.63, 3.8) is 0 Å². The van der Waals surface area contributed by atoms with Crippen LogP contribution in [0.1, 0.15) is 22.5 Å². The smallest absolute Gasteiger partial charge is 0.269 e. The predicted octanol–water partition coefficient (Wildman–Crippen LogP) is 0.827. The van der Waals surface area contributed by atoms with Crippen molar-refractivity contribution in [1.29, 1.82) is 0 Å². The van der Waals surface area contributed by atoms with E-state index in [0.717, 1.165) is 25.1 Å². The number of ether oxygens (including phenoxy) is 1. The van der Waals surface area contributed by atoms with Gasteiger partial charge < -0.3 is 15.4 Å². The molecule has 0 aliphatic carbocycles. The van der Waals surface area contributed by atoms with Gasteiger partial charge in [0.2, 0.25) is 5.88 Å². The second-order valence-electron chi connectivity index (χ2n) is 4.02. The number of rotatable bonds is 3. The lowest BCUT2D eigenvalue weighted by molar-refractivity contribution is 0.0957. The minimum atomic E-state index is -0.209. The molecular weight excluding hydrogens is 230 g/mol. The number of aromatic nitrogens is 1. The molecule has 1 aromatic heterocycles. The minimum absolute atomic E-state index is 0.209. The van der Waals surface area contributed by atoms with E-state index in [1.165, 1.54) is 5.57 Å². The van der Waals surface area contributed by atoms with Gasteiger partial charge in [-0.15, -0.1) is 0 Å². The standard InChI is InChI=1S/C13H17N3O2/c1-14-12(17)11-4-3-10(13(16-11)18-2)9-5-7-15-8-6-9/h3-5,15H,6-8H2,1-2H3,(H,14,17). The Hall–Kier alpha value is -1.88. The molecule has 2 N–H and O–H groups in total. The van der Waals surface area contributed by atoms with Crippen LogP contribution in [0.2, 0.25) is 0 Å². The van der Waals surface area contributed by atoms with Crippen molar-refractivity contribution in [1.82, 2.24) is 15.6 Å². The van der Waals surface area contributed by atoms with E-state index >= 15 is 0 Å². The molecule has 5 nitrogen and oxygen atoms in total. The summed E-state index contributed by atoms with van der Waals surface area (Å²) in [5.74, 6) is 0.295. The molecule has 0 fully saturated rings. The van der Waals surface area contributed by atoms with Crippen LogP contribution in [-0.4, -0.2) is 38.1 Å². The maximum atomic E-state index is 11.5. The van der Waals surface area contributed by atoms with Crippen LogP contribution in [0.25, 0.3) is 5.57 Å². The summed E-state index contributed by atoms with van der Waals surface area (Å²) in [7, 11) is 3.15. The van der Waals surface area contributed by atoms with Crippen LogP contribution in [-0.2, 0) is 0 Å². The normalized spacial score (nSPS) is 14.9. The van der Waals surface area contributed by atoms with Crippen molar-refractivity contribution < 1.29 is 9.53 Å². The van der Waals surface area contributed by atoms with Gasteiger partial charge in [-0.3, -0.25) is 4.79 Å². The number of nitrogens with zero attached hydrogens (tertiary/aromatic N) is 1. The third-order valence-electron chi connectivity index (χ3n) is 2.92. The van der Waals surface area contributed by atoms with Crippen LogP contribution in [0.3, 0.4) is 0 Å². The lowest BCUT2D eigenvalue weighted by Gasteiger charge is -2.16. The Labute approximate surface area is 106 Å². The molecule has 1 aromatic rings. The predicted molar refractivity (Wildman–Crippen MR) is 69.6 cm³/mol. The SMILES string of the molecule is CNC(=O)c1ccc(C2=CCNCC2)c(OC)n1. The van der Waals surface area contributed by atoms with E-state index in [0.29, 0.717) is 11.6 Å². The fourth-order valence-electron chi connectivity index (χ4n) is 1.96. The van der Waals surface area contributed by atoms with Gasteiger partial charge in [0.05, 0.1) is 7.11 Å². The fourth-order valence-corrected chi connectivity index (χ4v) is 1.96. The first-order valence-corrected chi connectivity index (χ1v) is 5.93. The Kier molecular flexibility index (Phi) is 3.94. The zero-order valence-corrected chi connectivity index (χ0v) is 10.6. The molecule has 0 saturated carbocycles. The Morgan fingerprint density at radius 2 is 2.33 bits per heavy atom. The highest BCUT2D eigenvalue weighted by molar-refractivity contribution is 5.92. The van der Waals surface area contributed by atoms with E-state index in [2.05, 4.69) is 21.7 Å². The van der Waals surface area contributed by atoms with Gasteiger partial charge in [0, 0.05) is 19.2 Å². The maximum absolute atomic E-state index is 11.5. The lowest BCUT2D eigenvalue weighted by Crippen LogP contribution is -2.21. The summed E-state index contributed by atoms with van der Waals surface area (Å²) in [5.41, 5.74) is 2.54. The molecule has 18 heavy (non-hydrogen) atoms. The summed E-state index contributed by atoms with van der Waals surface area (Å²) in [6, 6.07) is 3.62. The number of hydrogen-bond acceptors (Lipinski definition) is 4. The summed E-state index contributed by atoms with van der Waals surface area (Å²) >= 11 is 0. The second kappa shape index (κ2) is 5.64. The molecule has 2 rings (SSSR count). The van der Waals surface area contributed by atoms with Crippen LogP contribution >= 0.6 is 0 Å². The number of carbonyl (C=O) groups is 1. The lowest BCUT2D eigenvalue weighted by atomic mass is 10.0. The van der Waals surface area contributed by atoms with E-state index in [4.69, 9.17) is 4.74 Å². The van der Waals surface area contributed by atoms with E-state index < -0.39 is 0 Å². The number of hydrogen-bond donors (Lipinski definition) is 2. The van der Waals surface area contributed by atoms with E-state index in [-0.39, 0.29) is 5.91 Å². The van der Waals surface area contributed by atoms with Gasteiger partial charge >= 0.3 is 0 Å². The molecule has 2 heterocycles. The minimum Gasteiger partial charge on any atom is -0.481 e. The third kappa shape index (κ3) is 2.51. The molecule has 0 unspecified atom stereocenters. The van der Waals surface area contributed by atoms with Gasteiger partial charge in [0.25, 0.3) is 5.91 Å². The monoisotopic (exact) mass is 247 g/mol. The summed E-state index contributed by atoms with van der Waals surface area (Å²) < 4.78 is 5.28. The molecule has 0 aromatic carbocycles. The molecule has 1 aliphatic rings. The molecule has 1 aliphatic heterocycles. The van der Waals surface area contributed by atoms with Crippen LogP contribution < -0.4 is 15.4 Å². The van der Waals surface area contributed by atoms with Crippen LogP contribution in [0.15, 0.2) is 18.2 Å². The van der Waals surface area contributed by atoms with Crippen molar-refractivity contribution >= 4 is 11.5 Å². The van der Waals surface area contributed by atoms with Crippen molar-refractivity contribution in [2.45, 2.75) is 6.42 Å². The van der Waals surface area contributed by atoms with E-state index in [1.54, 1.807) is 20.2 Å². The molecular formula is C13H17N3O2. The molecule has 96 valence electrons. The maximum Gasteiger partial charge on any atom is 0.269 e. The van der Waals surface area contributed by atoms with Gasteiger partial charge in [0.15, 0.2) is 0 Å². The zero-order valence-electron chi connectivity index (χ0n) is 10.6. The summed E-state index contributed by atoms with van der Waals surface area (Å²) in [4.78, 5) is 15.8. The molecule has 0 bridgehead atoms. The Bertz CT molecular complexity index is 483. The van der Waals surface area contributed by atoms with Gasteiger partial charge in [-0.05, 0) is 30.7 Å². The number of methoxy groups -OCH3 is 1. The van der Waals surface area contributed by atoms with Gasteiger partial charge in [-0.1, -0.05) is 6.08 Å². The van der Waals surface area contributed by atoms with Crippen LogP contribution in [0, 0.1) is 0 Å². The third-order valence-corrected chi connectivity index (χ3v) is 2.92. The quantitative estimate of drug-likeness (QED) is 0.830. The Morgan fingerprint density at radius 1 is 1.50 bits per heavy atom. The van der Waals surface area contributed by atoms with Crippen molar-refractivity contribution in [2.75, 3.05) is 27.2 Å². The number of nitrogens with one attached hydrogen (secondary N) is 2. The van der Waals surface area contributed by atoms with Crippen molar-refractivity contribution in [3.05, 3.63) is 29.5 Å². The summed E-state index contributed by atoms with van der Waals surface area (Å²) in [5, 5.41) is 5.81. The Morgan fingerprint density at radius 3 is 2.94 bits per heavy atom. The van der Waals surface area contributed by atoms with Crippen molar-refractivity contribution in [2.24, 2.45) is 0 Å². The van der Waals surface area contributed by atoms with Gasteiger partial charge in [-0.25, -0.2) is 4.98 Å². The number of carbonyl (C=O) groups excluding carboxylic acids is 1. The molecule has 1 amide bonds. The topological polar surface area (TPSA) is 63.2 Å². The summed E-state index contributed by atoms with van der Waals surface area (Å²) in [6.07, 6.45) is 3.07. The van der Waals surface area contributed by atoms with Gasteiger partial charge in [-0.2, -0.15) is 0 Å². The summed E-state index contributed by atoms with van der Waals surface area (Å²) in [6.45, 7) is 1.81. The molecule has 0 atom stereocenters. The molecule has 0 radical (unpaired) electrons. The first kappa shape index (κ1) is 12.6. The highest BCUT2D eigenvalue weighted by Gasteiger charge is 2.15. The molecule has 0 saturated heterocycles. The number of pyridine rings is 1. The largest absolute Gasteiger partial charge is 0.481 e. The Balaban J connectivity index is 2.36. The zero-order chi connectivity index (χ0) is 13.0. The van der Waals surface area contributed by atoms with E-state index in [1.807, 2.05) is 6.07 Å². The van der Waals surface area contributed by atoms with Gasteiger partial charge in [0.1, 0.15) is 5.69 Å². The average Bonchev–Trinajstić information content (AvgIpc) is 2.46. The van der Waals surface area contributed by atoms with E-state index in [9.17, 15) is 4.79 Å². The highest BCUT2D eigenvalue weighted by Crippen LogP contribution is 2.27. The number of amides is 1. The highest BCUT2D eigenvalue weighted by atomic mass is 16.5. The molecule has 0 spiro atoms. The van der Waals surface area contributed by atoms with Crippen LogP contribution in [0.5, 0.6) is 5.88 Å². The average molecular weight is 247 g/mol. The molecule has 5 heteroatoms.